The maximum absolute atomic E-state index is 11.6. The molecule has 0 aromatic heterocycles. The number of ether oxygens (including phenoxy) is 1. The number of carbonyl (C=O) groups is 1. The van der Waals surface area contributed by atoms with Crippen molar-refractivity contribution in [2.45, 2.75) is 33.3 Å². The molecule has 1 atom stereocenters. The van der Waals surface area contributed by atoms with Crippen molar-refractivity contribution in [3.63, 3.8) is 0 Å². The normalized spacial score (nSPS) is 13.9. The molecule has 0 aromatic carbocycles. The number of nitrogens with zero attached hydrogens (tertiary/aromatic N) is 1. The first-order valence-corrected chi connectivity index (χ1v) is 5.20. The van der Waals surface area contributed by atoms with E-state index in [1.54, 1.807) is 27.7 Å². The zero-order valence-corrected chi connectivity index (χ0v) is 10.8. The second-order valence-corrected chi connectivity index (χ2v) is 5.00. The largest absolute Gasteiger partial charge is 0.459 e. The molecule has 0 N–H and O–H groups in total. The van der Waals surface area contributed by atoms with Gasteiger partial charge in [-0.15, -0.1) is 0 Å². The summed E-state index contributed by atoms with van der Waals surface area (Å²) in [6.07, 6.45) is 1.49. The summed E-state index contributed by atoms with van der Waals surface area (Å²) < 4.78 is 5.10. The minimum absolute atomic E-state index is 0.337. The molecule has 0 aliphatic heterocycles. The Kier molecular flexibility index (Phi) is 5.26. The first-order chi connectivity index (χ1) is 7.17. The fraction of sp³-hybridized carbons (Fsp3) is 0.500. The first kappa shape index (κ1) is 14.7. The SMILES string of the molecule is C=C(/C=C(\C)Cl)C(C#N)C(=O)OC(C)(C)C. The van der Waals surface area contributed by atoms with E-state index in [1.165, 1.54) is 6.08 Å². The number of rotatable bonds is 3. The predicted octanol–water partition coefficient (Wildman–Crippen LogP) is 3.17. The summed E-state index contributed by atoms with van der Waals surface area (Å²) in [5, 5.41) is 9.36. The molecule has 1 unspecified atom stereocenters. The van der Waals surface area contributed by atoms with Gasteiger partial charge in [-0.2, -0.15) is 5.26 Å². The number of hydrogen-bond acceptors (Lipinski definition) is 3. The third-order valence-corrected chi connectivity index (χ3v) is 1.64. The molecule has 3 nitrogen and oxygen atoms in total. The third kappa shape index (κ3) is 5.57. The van der Waals surface area contributed by atoms with Crippen LogP contribution in [0.5, 0.6) is 0 Å². The molecule has 0 fully saturated rings. The Morgan fingerprint density at radius 3 is 2.38 bits per heavy atom. The highest BCUT2D eigenvalue weighted by Crippen LogP contribution is 2.18. The summed E-state index contributed by atoms with van der Waals surface area (Å²) in [6.45, 7) is 10.5. The summed E-state index contributed by atoms with van der Waals surface area (Å²) in [6, 6.07) is 1.85. The third-order valence-electron chi connectivity index (χ3n) is 1.53. The lowest BCUT2D eigenvalue weighted by Gasteiger charge is -2.21. The van der Waals surface area contributed by atoms with Crippen molar-refractivity contribution in [1.82, 2.24) is 0 Å². The second-order valence-electron chi connectivity index (χ2n) is 4.40. The van der Waals surface area contributed by atoms with E-state index in [4.69, 9.17) is 21.6 Å². The molecule has 4 heteroatoms. The van der Waals surface area contributed by atoms with Gasteiger partial charge in [0.25, 0.3) is 0 Å². The van der Waals surface area contributed by atoms with Crippen molar-refractivity contribution >= 4 is 17.6 Å². The highest BCUT2D eigenvalue weighted by atomic mass is 35.5. The Morgan fingerprint density at radius 2 is 2.06 bits per heavy atom. The molecule has 0 heterocycles. The Bertz CT molecular complexity index is 354. The number of allylic oxidation sites excluding steroid dienone is 2. The van der Waals surface area contributed by atoms with E-state index in [0.717, 1.165) is 0 Å². The molecule has 0 aromatic rings. The number of esters is 1. The lowest BCUT2D eigenvalue weighted by atomic mass is 10.0. The fourth-order valence-electron chi connectivity index (χ4n) is 0.986. The van der Waals surface area contributed by atoms with Crippen LogP contribution < -0.4 is 0 Å². The van der Waals surface area contributed by atoms with Crippen molar-refractivity contribution in [3.8, 4) is 6.07 Å². The van der Waals surface area contributed by atoms with E-state index in [-0.39, 0.29) is 0 Å². The monoisotopic (exact) mass is 241 g/mol. The molecule has 0 aliphatic carbocycles. The number of carbonyl (C=O) groups excluding carboxylic acids is 1. The van der Waals surface area contributed by atoms with Crippen LogP contribution >= 0.6 is 11.6 Å². The summed E-state index contributed by atoms with van der Waals surface area (Å²) in [7, 11) is 0. The van der Waals surface area contributed by atoms with Gasteiger partial charge in [-0.1, -0.05) is 18.2 Å². The van der Waals surface area contributed by atoms with Crippen LogP contribution in [0.25, 0.3) is 0 Å². The van der Waals surface area contributed by atoms with Crippen molar-refractivity contribution in [2.24, 2.45) is 5.92 Å². The summed E-state index contributed by atoms with van der Waals surface area (Å²) in [5.41, 5.74) is -0.282. The molecule has 0 amide bonds. The molecule has 0 radical (unpaired) electrons. The Morgan fingerprint density at radius 1 is 1.56 bits per heavy atom. The van der Waals surface area contributed by atoms with E-state index >= 15 is 0 Å². The van der Waals surface area contributed by atoms with Crippen LogP contribution in [0, 0.1) is 17.2 Å². The summed E-state index contributed by atoms with van der Waals surface area (Å²) >= 11 is 5.65. The molecule has 0 saturated heterocycles. The molecule has 0 bridgehead atoms. The summed E-state index contributed by atoms with van der Waals surface area (Å²) in [4.78, 5) is 11.6. The molecule has 88 valence electrons. The summed E-state index contributed by atoms with van der Waals surface area (Å²) in [5.74, 6) is -1.61. The maximum atomic E-state index is 11.6. The number of halogens is 1. The van der Waals surface area contributed by atoms with Gasteiger partial charge in [0.15, 0.2) is 5.92 Å². The van der Waals surface area contributed by atoms with Gasteiger partial charge < -0.3 is 4.74 Å². The maximum Gasteiger partial charge on any atom is 0.328 e. The highest BCUT2D eigenvalue weighted by molar-refractivity contribution is 6.29. The topological polar surface area (TPSA) is 50.1 Å². The van der Waals surface area contributed by atoms with Crippen LogP contribution in [-0.2, 0) is 9.53 Å². The van der Waals surface area contributed by atoms with E-state index < -0.39 is 17.5 Å². The van der Waals surface area contributed by atoms with E-state index in [1.807, 2.05) is 6.07 Å². The Balaban J connectivity index is 4.78. The average Bonchev–Trinajstić information content (AvgIpc) is 1.99. The van der Waals surface area contributed by atoms with Crippen molar-refractivity contribution in [2.75, 3.05) is 0 Å². The standard InChI is InChI=1S/C12H16ClNO2/c1-8(6-9(2)13)10(7-14)11(15)16-12(3,4)5/h6,10H,1H2,2-5H3/b9-6+. The van der Waals surface area contributed by atoms with Gasteiger partial charge in [0.05, 0.1) is 6.07 Å². The minimum atomic E-state index is -1.01. The molecular weight excluding hydrogens is 226 g/mol. The Labute approximate surface area is 101 Å². The number of hydrogen-bond donors (Lipinski definition) is 0. The fourth-order valence-corrected chi connectivity index (χ4v) is 1.13. The number of nitriles is 1. The van der Waals surface area contributed by atoms with Crippen LogP contribution in [0.2, 0.25) is 0 Å². The van der Waals surface area contributed by atoms with Gasteiger partial charge in [0.1, 0.15) is 5.60 Å². The lowest BCUT2D eigenvalue weighted by molar-refractivity contribution is -0.156. The van der Waals surface area contributed by atoms with Crippen LogP contribution in [0.1, 0.15) is 27.7 Å². The van der Waals surface area contributed by atoms with Gasteiger partial charge in [-0.05, 0) is 39.3 Å². The van der Waals surface area contributed by atoms with Crippen molar-refractivity contribution in [1.29, 1.82) is 5.26 Å². The molecule has 16 heavy (non-hydrogen) atoms. The van der Waals surface area contributed by atoms with Crippen LogP contribution in [-0.4, -0.2) is 11.6 Å². The zero-order valence-electron chi connectivity index (χ0n) is 10.0. The second kappa shape index (κ2) is 5.72. The van der Waals surface area contributed by atoms with Gasteiger partial charge in [-0.3, -0.25) is 4.79 Å². The van der Waals surface area contributed by atoms with E-state index in [2.05, 4.69) is 6.58 Å². The van der Waals surface area contributed by atoms with Gasteiger partial charge >= 0.3 is 5.97 Å². The Hall–Kier alpha value is -1.27. The quantitative estimate of drug-likeness (QED) is 0.563. The smallest absolute Gasteiger partial charge is 0.328 e. The predicted molar refractivity (Wildman–Crippen MR) is 63.7 cm³/mol. The zero-order chi connectivity index (χ0) is 12.9. The molecule has 0 aliphatic rings. The van der Waals surface area contributed by atoms with E-state index in [0.29, 0.717) is 10.6 Å². The highest BCUT2D eigenvalue weighted by Gasteiger charge is 2.26. The van der Waals surface area contributed by atoms with E-state index in [9.17, 15) is 4.79 Å². The average molecular weight is 242 g/mol. The van der Waals surface area contributed by atoms with Crippen molar-refractivity contribution in [3.05, 3.63) is 23.3 Å². The van der Waals surface area contributed by atoms with Crippen LogP contribution in [0.4, 0.5) is 0 Å². The lowest BCUT2D eigenvalue weighted by Crippen LogP contribution is -2.28. The molecule has 0 spiro atoms. The van der Waals surface area contributed by atoms with Crippen LogP contribution in [0.15, 0.2) is 23.3 Å². The van der Waals surface area contributed by atoms with Gasteiger partial charge in [0, 0.05) is 5.03 Å². The molecule has 0 rings (SSSR count). The molecule has 0 saturated carbocycles. The first-order valence-electron chi connectivity index (χ1n) is 4.82. The minimum Gasteiger partial charge on any atom is -0.459 e. The van der Waals surface area contributed by atoms with Gasteiger partial charge in [-0.25, -0.2) is 0 Å². The van der Waals surface area contributed by atoms with Crippen LogP contribution in [0.3, 0.4) is 0 Å². The van der Waals surface area contributed by atoms with Crippen molar-refractivity contribution < 1.29 is 9.53 Å². The molecular formula is C12H16ClNO2. The van der Waals surface area contributed by atoms with Gasteiger partial charge in [0.2, 0.25) is 0 Å².